The van der Waals surface area contributed by atoms with Gasteiger partial charge < -0.3 is 19.5 Å². The van der Waals surface area contributed by atoms with E-state index in [1.165, 1.54) is 0 Å². The number of para-hydroxylation sites is 1. The number of carbonyl (C=O) groups excluding carboxylic acids is 2. The van der Waals surface area contributed by atoms with Gasteiger partial charge in [0, 0.05) is 6.54 Å². The Balaban J connectivity index is 1.65. The molecule has 0 unspecified atom stereocenters. The van der Waals surface area contributed by atoms with E-state index in [1.807, 2.05) is 42.5 Å². The van der Waals surface area contributed by atoms with Crippen LogP contribution in [0, 0.1) is 0 Å². The van der Waals surface area contributed by atoms with Crippen LogP contribution >= 0.6 is 0 Å². The van der Waals surface area contributed by atoms with E-state index in [0.717, 1.165) is 11.3 Å². The minimum atomic E-state index is -0.788. The molecule has 0 aromatic heterocycles. The number of amides is 1. The molecule has 0 fully saturated rings. The summed E-state index contributed by atoms with van der Waals surface area (Å²) < 4.78 is 15.5. The highest BCUT2D eigenvalue weighted by molar-refractivity contribution is 5.81. The van der Waals surface area contributed by atoms with E-state index in [1.54, 1.807) is 26.2 Å². The molecule has 2 rings (SSSR count). The molecule has 0 saturated heterocycles. The summed E-state index contributed by atoms with van der Waals surface area (Å²) in [5, 5.41) is 2.72. The molecule has 0 saturated carbocycles. The van der Waals surface area contributed by atoms with Crippen molar-refractivity contribution in [3.05, 3.63) is 60.2 Å². The topological polar surface area (TPSA) is 73.9 Å². The lowest BCUT2D eigenvalue weighted by Crippen LogP contribution is -2.33. The van der Waals surface area contributed by atoms with E-state index >= 15 is 0 Å². The van der Waals surface area contributed by atoms with E-state index in [-0.39, 0.29) is 12.5 Å². The summed E-state index contributed by atoms with van der Waals surface area (Å²) in [6.45, 7) is 1.71. The number of methoxy groups -OCH3 is 1. The second-order valence-corrected chi connectivity index (χ2v) is 5.63. The molecule has 1 amide bonds. The van der Waals surface area contributed by atoms with Gasteiger partial charge in [0.1, 0.15) is 11.5 Å². The van der Waals surface area contributed by atoms with Crippen LogP contribution in [0.2, 0.25) is 0 Å². The lowest BCUT2D eigenvalue weighted by molar-refractivity contribution is -0.154. The van der Waals surface area contributed by atoms with Crippen LogP contribution in [0.3, 0.4) is 0 Å². The maximum atomic E-state index is 11.9. The van der Waals surface area contributed by atoms with E-state index < -0.39 is 12.1 Å². The number of rotatable bonds is 9. The average molecular weight is 357 g/mol. The van der Waals surface area contributed by atoms with Crippen LogP contribution < -0.4 is 14.8 Å². The molecule has 2 aromatic carbocycles. The molecule has 0 heterocycles. The fourth-order valence-electron chi connectivity index (χ4n) is 2.19. The van der Waals surface area contributed by atoms with Crippen molar-refractivity contribution in [1.29, 1.82) is 0 Å². The molecule has 0 radical (unpaired) electrons. The Morgan fingerprint density at radius 1 is 1.00 bits per heavy atom. The zero-order chi connectivity index (χ0) is 18.8. The van der Waals surface area contributed by atoms with Crippen molar-refractivity contribution in [1.82, 2.24) is 5.32 Å². The molecule has 138 valence electrons. The van der Waals surface area contributed by atoms with Crippen LogP contribution in [0.5, 0.6) is 11.5 Å². The minimum absolute atomic E-state index is 0.329. The van der Waals surface area contributed by atoms with Crippen molar-refractivity contribution in [2.45, 2.75) is 19.4 Å². The Hall–Kier alpha value is -3.02. The van der Waals surface area contributed by atoms with E-state index in [9.17, 15) is 9.59 Å². The summed E-state index contributed by atoms with van der Waals surface area (Å²) in [6.07, 6.45) is -0.110. The van der Waals surface area contributed by atoms with Gasteiger partial charge in [0.05, 0.1) is 7.11 Å². The Morgan fingerprint density at radius 3 is 2.35 bits per heavy atom. The molecule has 6 heteroatoms. The molecular formula is C20H23NO5. The number of benzene rings is 2. The standard InChI is InChI=1S/C20H23NO5/c1-15(26-18-6-4-3-5-7-18)20(23)25-14-19(22)21-13-12-16-8-10-17(24-2)11-9-16/h3-11,15H,12-14H2,1-2H3,(H,21,22)/t15-/m0/s1. The van der Waals surface area contributed by atoms with Crippen LogP contribution in [0.1, 0.15) is 12.5 Å². The van der Waals surface area contributed by atoms with E-state index in [4.69, 9.17) is 14.2 Å². The number of carbonyl (C=O) groups is 2. The van der Waals surface area contributed by atoms with Crippen molar-refractivity contribution in [2.75, 3.05) is 20.3 Å². The number of nitrogens with one attached hydrogen (secondary N) is 1. The highest BCUT2D eigenvalue weighted by Crippen LogP contribution is 2.12. The van der Waals surface area contributed by atoms with Gasteiger partial charge in [-0.25, -0.2) is 4.79 Å². The molecule has 0 spiro atoms. The van der Waals surface area contributed by atoms with Crippen molar-refractivity contribution in [3.8, 4) is 11.5 Å². The zero-order valence-corrected chi connectivity index (χ0v) is 14.9. The average Bonchev–Trinajstić information content (AvgIpc) is 2.67. The molecule has 2 aromatic rings. The van der Waals surface area contributed by atoms with Crippen LogP contribution in [0.15, 0.2) is 54.6 Å². The molecule has 26 heavy (non-hydrogen) atoms. The third-order valence-electron chi connectivity index (χ3n) is 3.63. The van der Waals surface area contributed by atoms with E-state index in [2.05, 4.69) is 5.32 Å². The van der Waals surface area contributed by atoms with Gasteiger partial charge in [-0.15, -0.1) is 0 Å². The number of ether oxygens (including phenoxy) is 3. The number of hydrogen-bond acceptors (Lipinski definition) is 5. The van der Waals surface area contributed by atoms with Crippen molar-refractivity contribution < 1.29 is 23.8 Å². The molecule has 6 nitrogen and oxygen atoms in total. The maximum Gasteiger partial charge on any atom is 0.347 e. The fourth-order valence-corrected chi connectivity index (χ4v) is 2.19. The van der Waals surface area contributed by atoms with Gasteiger partial charge in [-0.2, -0.15) is 0 Å². The fraction of sp³-hybridized carbons (Fsp3) is 0.300. The van der Waals surface area contributed by atoms with Crippen LogP contribution in [0.25, 0.3) is 0 Å². The Labute approximate surface area is 153 Å². The van der Waals surface area contributed by atoms with Gasteiger partial charge in [-0.05, 0) is 43.2 Å². The molecule has 0 aliphatic rings. The van der Waals surface area contributed by atoms with Gasteiger partial charge in [-0.3, -0.25) is 4.79 Å². The normalized spacial score (nSPS) is 11.3. The van der Waals surface area contributed by atoms with Gasteiger partial charge in [-0.1, -0.05) is 30.3 Å². The van der Waals surface area contributed by atoms with E-state index in [0.29, 0.717) is 18.7 Å². The molecule has 0 aliphatic carbocycles. The predicted octanol–water partition coefficient (Wildman–Crippen LogP) is 2.36. The summed E-state index contributed by atoms with van der Waals surface area (Å²) in [4.78, 5) is 23.6. The quantitative estimate of drug-likeness (QED) is 0.698. The van der Waals surface area contributed by atoms with Gasteiger partial charge in [0.2, 0.25) is 0 Å². The van der Waals surface area contributed by atoms with Crippen molar-refractivity contribution in [2.24, 2.45) is 0 Å². The predicted molar refractivity (Wildman–Crippen MR) is 97.2 cm³/mol. The lowest BCUT2D eigenvalue weighted by Gasteiger charge is -2.13. The Morgan fingerprint density at radius 2 is 1.69 bits per heavy atom. The molecule has 0 aliphatic heterocycles. The van der Waals surface area contributed by atoms with Gasteiger partial charge >= 0.3 is 5.97 Å². The first-order valence-electron chi connectivity index (χ1n) is 8.36. The monoisotopic (exact) mass is 357 g/mol. The molecule has 0 bridgehead atoms. The molecule has 1 atom stereocenters. The summed E-state index contributed by atoms with van der Waals surface area (Å²) in [5.74, 6) is 0.426. The highest BCUT2D eigenvalue weighted by Gasteiger charge is 2.17. The first-order chi connectivity index (χ1) is 12.6. The number of esters is 1. The third-order valence-corrected chi connectivity index (χ3v) is 3.63. The van der Waals surface area contributed by atoms with Gasteiger partial charge in [0.25, 0.3) is 5.91 Å². The summed E-state index contributed by atoms with van der Waals surface area (Å²) in [7, 11) is 1.61. The summed E-state index contributed by atoms with van der Waals surface area (Å²) in [5.41, 5.74) is 1.08. The first kappa shape index (κ1) is 19.3. The molecular weight excluding hydrogens is 334 g/mol. The second-order valence-electron chi connectivity index (χ2n) is 5.63. The minimum Gasteiger partial charge on any atom is -0.497 e. The van der Waals surface area contributed by atoms with Crippen molar-refractivity contribution >= 4 is 11.9 Å². The van der Waals surface area contributed by atoms with Crippen LogP contribution in [-0.4, -0.2) is 38.2 Å². The smallest absolute Gasteiger partial charge is 0.347 e. The summed E-state index contributed by atoms with van der Waals surface area (Å²) in [6, 6.07) is 16.6. The Kier molecular flexibility index (Phi) is 7.49. The summed E-state index contributed by atoms with van der Waals surface area (Å²) >= 11 is 0. The largest absolute Gasteiger partial charge is 0.497 e. The highest BCUT2D eigenvalue weighted by atomic mass is 16.6. The van der Waals surface area contributed by atoms with Gasteiger partial charge in [0.15, 0.2) is 12.7 Å². The molecule has 1 N–H and O–H groups in total. The van der Waals surface area contributed by atoms with Crippen molar-refractivity contribution in [3.63, 3.8) is 0 Å². The number of hydrogen-bond donors (Lipinski definition) is 1. The first-order valence-corrected chi connectivity index (χ1v) is 8.36. The SMILES string of the molecule is COc1ccc(CCNC(=O)COC(=O)[C@H](C)Oc2ccccc2)cc1. The maximum absolute atomic E-state index is 11.9. The zero-order valence-electron chi connectivity index (χ0n) is 14.9. The third kappa shape index (κ3) is 6.47. The second kappa shape index (κ2) is 10.1. The Bertz CT molecular complexity index is 700. The van der Waals surface area contributed by atoms with Crippen LogP contribution in [0.4, 0.5) is 0 Å². The van der Waals surface area contributed by atoms with Crippen LogP contribution in [-0.2, 0) is 20.7 Å². The lowest BCUT2D eigenvalue weighted by atomic mass is 10.1.